The second kappa shape index (κ2) is 13.7. The van der Waals surface area contributed by atoms with Gasteiger partial charge in [0.1, 0.15) is 17.8 Å². The van der Waals surface area contributed by atoms with Crippen molar-refractivity contribution in [1.29, 1.82) is 0 Å². The molecule has 4 aromatic carbocycles. The number of phenolic OH excluding ortho intramolecular Hbond substituents is 2. The number of hydrogen-bond acceptors (Lipinski definition) is 7. The lowest BCUT2D eigenvalue weighted by atomic mass is 9.87. The van der Waals surface area contributed by atoms with Gasteiger partial charge in [0.05, 0.1) is 10.4 Å². The van der Waals surface area contributed by atoms with Gasteiger partial charge in [-0.2, -0.15) is 12.6 Å². The highest BCUT2D eigenvalue weighted by Gasteiger charge is 2.60. The Kier molecular flexibility index (Phi) is 10.1. The summed E-state index contributed by atoms with van der Waals surface area (Å²) in [7, 11) is 2.09. The molecule has 232 valence electrons. The molecule has 1 fully saturated rings. The van der Waals surface area contributed by atoms with Gasteiger partial charge >= 0.3 is 0 Å². The predicted octanol–water partition coefficient (Wildman–Crippen LogP) is 7.50. The molecular weight excluding hydrogens is 635 g/mol. The highest BCUT2D eigenvalue weighted by atomic mass is 35.5. The van der Waals surface area contributed by atoms with Crippen LogP contribution < -0.4 is 9.80 Å². The number of rotatable bonds is 5. The van der Waals surface area contributed by atoms with Gasteiger partial charge in [0, 0.05) is 89.9 Å². The lowest BCUT2D eigenvalue weighted by Crippen LogP contribution is -2.40. The molecule has 0 aromatic heterocycles. The molecule has 0 bridgehead atoms. The molecule has 4 aromatic rings. The van der Waals surface area contributed by atoms with Gasteiger partial charge in [-0.1, -0.05) is 48.5 Å². The quantitative estimate of drug-likeness (QED) is 0.0671. The zero-order valence-electron chi connectivity index (χ0n) is 24.7. The molecule has 0 spiro atoms. The van der Waals surface area contributed by atoms with Crippen molar-refractivity contribution in [2.24, 2.45) is 0 Å². The van der Waals surface area contributed by atoms with Crippen LogP contribution in [0.3, 0.4) is 0 Å². The van der Waals surface area contributed by atoms with E-state index in [-0.39, 0.29) is 21.7 Å². The van der Waals surface area contributed by atoms with E-state index in [4.69, 9.17) is 11.6 Å². The van der Waals surface area contributed by atoms with Crippen molar-refractivity contribution in [3.63, 3.8) is 0 Å². The number of aromatic hydroxyl groups is 2. The molecule has 10 heteroatoms. The number of carbonyl (C=O) groups excluding carboxylic acids is 2. The van der Waals surface area contributed by atoms with Gasteiger partial charge in [-0.05, 0) is 29.2 Å². The summed E-state index contributed by atoms with van der Waals surface area (Å²) in [6.45, 7) is 1.52. The van der Waals surface area contributed by atoms with Gasteiger partial charge in [-0.3, -0.25) is 4.79 Å². The van der Waals surface area contributed by atoms with E-state index in [1.165, 1.54) is 11.9 Å². The van der Waals surface area contributed by atoms with Crippen LogP contribution in [-0.4, -0.2) is 65.3 Å². The Labute approximate surface area is 277 Å². The van der Waals surface area contributed by atoms with E-state index in [1.54, 1.807) is 11.0 Å². The summed E-state index contributed by atoms with van der Waals surface area (Å²) in [6.07, 6.45) is 4.33. The van der Waals surface area contributed by atoms with Gasteiger partial charge in [-0.25, -0.2) is 0 Å². The number of thiol groups is 1. The zero-order valence-corrected chi connectivity index (χ0v) is 27.9. The third-order valence-corrected chi connectivity index (χ3v) is 11.1. The van der Waals surface area contributed by atoms with Gasteiger partial charge in [0.2, 0.25) is 5.91 Å². The van der Waals surface area contributed by atoms with Crippen molar-refractivity contribution in [2.75, 3.05) is 42.2 Å². The van der Waals surface area contributed by atoms with Crippen molar-refractivity contribution in [1.82, 2.24) is 0 Å². The Morgan fingerprint density at radius 3 is 2.23 bits per heavy atom. The van der Waals surface area contributed by atoms with Gasteiger partial charge < -0.3 is 24.8 Å². The number of benzene rings is 4. The Bertz CT molecular complexity index is 1700. The molecule has 6 nitrogen and oxygen atoms in total. The summed E-state index contributed by atoms with van der Waals surface area (Å²) in [4.78, 5) is 26.9. The monoisotopic (exact) mass is 670 g/mol. The molecule has 44 heavy (non-hydrogen) atoms. The number of hydrogen-bond donors (Lipinski definition) is 3. The van der Waals surface area contributed by atoms with Crippen molar-refractivity contribution in [3.05, 3.63) is 71.8 Å². The van der Waals surface area contributed by atoms with Gasteiger partial charge in [0.25, 0.3) is 0 Å². The lowest BCUT2D eigenvalue weighted by molar-refractivity contribution is -0.118. The molecule has 0 saturated carbocycles. The normalized spacial score (nSPS) is 21.2. The maximum absolute atomic E-state index is 12.5. The minimum atomic E-state index is -0.0264. The maximum Gasteiger partial charge on any atom is 0.227 e. The second-order valence-electron chi connectivity index (χ2n) is 11.2. The fourth-order valence-corrected chi connectivity index (χ4v) is 8.77. The third-order valence-electron chi connectivity index (χ3n) is 8.54. The third kappa shape index (κ3) is 5.94. The molecule has 3 aliphatic rings. The summed E-state index contributed by atoms with van der Waals surface area (Å²) in [5, 5.41) is 25.0. The fraction of sp³-hybridized carbons (Fsp3) is 0.353. The first-order valence-electron chi connectivity index (χ1n) is 14.5. The average molecular weight is 672 g/mol. The first kappa shape index (κ1) is 32.6. The largest absolute Gasteiger partial charge is 0.507 e. The molecule has 3 unspecified atom stereocenters. The van der Waals surface area contributed by atoms with E-state index in [1.807, 2.05) is 60.3 Å². The van der Waals surface area contributed by atoms with E-state index < -0.39 is 0 Å². The van der Waals surface area contributed by atoms with Crippen molar-refractivity contribution in [3.8, 4) is 11.5 Å². The molecule has 7 rings (SSSR count). The van der Waals surface area contributed by atoms with Crippen molar-refractivity contribution < 1.29 is 19.8 Å². The summed E-state index contributed by atoms with van der Waals surface area (Å²) in [6, 6.07) is 19.3. The first-order chi connectivity index (χ1) is 21.3. The van der Waals surface area contributed by atoms with Crippen LogP contribution in [0.2, 0.25) is 0 Å². The van der Waals surface area contributed by atoms with E-state index in [2.05, 4.69) is 42.2 Å². The second-order valence-corrected chi connectivity index (χ2v) is 13.7. The Morgan fingerprint density at radius 2 is 1.59 bits per heavy atom. The minimum Gasteiger partial charge on any atom is -0.507 e. The molecule has 3 heterocycles. The van der Waals surface area contributed by atoms with Crippen LogP contribution in [0.1, 0.15) is 30.4 Å². The van der Waals surface area contributed by atoms with E-state index >= 15 is 0 Å². The summed E-state index contributed by atoms with van der Waals surface area (Å²) in [5.74, 6) is 1.15. The molecular formula is C34H36Cl2N2O4S2. The molecule has 2 N–H and O–H groups in total. The molecule has 1 saturated heterocycles. The highest BCUT2D eigenvalue weighted by Crippen LogP contribution is 2.67. The van der Waals surface area contributed by atoms with Crippen LogP contribution in [0.15, 0.2) is 60.7 Å². The molecule has 0 aliphatic carbocycles. The van der Waals surface area contributed by atoms with Crippen LogP contribution in [-0.2, 0) is 20.8 Å². The number of unbranched alkanes of at least 4 members (excludes halogenated alkanes) is 1. The highest BCUT2D eigenvalue weighted by molar-refractivity contribution is 8.08. The fourth-order valence-electron chi connectivity index (χ4n) is 6.42. The van der Waals surface area contributed by atoms with E-state index in [9.17, 15) is 19.8 Å². The zero-order chi connectivity index (χ0) is 31.6. The number of alkyl halides is 2. The van der Waals surface area contributed by atoms with E-state index in [0.717, 1.165) is 57.7 Å². The van der Waals surface area contributed by atoms with Crippen LogP contribution in [0.25, 0.3) is 21.5 Å². The lowest BCUT2D eigenvalue weighted by Gasteiger charge is -2.34. The summed E-state index contributed by atoms with van der Waals surface area (Å²) >= 11 is 17.5. The Hall–Kier alpha value is -2.78. The number of nitrogens with zero attached hydrogens (tertiary/aromatic N) is 2. The number of phenols is 2. The standard InChI is InChI=1S/C18H19NO3S.C15H14ClNOS.CH3Cl/c20-8-4-3-7-18(22)19-11-12(23)9-15-13-5-1-2-6-14(13)17(21)10-16(15)19;1-17-7-13-15(8-16,19-13)14-10-5-3-2-4-9(10)12(18)6-11(14)17;1-2/h1-2,5-6,8,10,12,21,23H,3-4,7,9,11H2;2-6,13,18H,7-8H2,1H3;1H3. The van der Waals surface area contributed by atoms with Crippen LogP contribution in [0.5, 0.6) is 11.5 Å². The van der Waals surface area contributed by atoms with Crippen LogP contribution in [0, 0.1) is 0 Å². The molecule has 1 amide bonds. The van der Waals surface area contributed by atoms with Crippen molar-refractivity contribution >= 4 is 92.7 Å². The number of aldehydes is 1. The number of carbonyl (C=O) groups is 2. The van der Waals surface area contributed by atoms with Crippen LogP contribution in [0.4, 0.5) is 11.4 Å². The van der Waals surface area contributed by atoms with Crippen molar-refractivity contribution in [2.45, 2.75) is 40.9 Å². The smallest absolute Gasteiger partial charge is 0.227 e. The number of halogens is 2. The Morgan fingerprint density at radius 1 is 1.00 bits per heavy atom. The van der Waals surface area contributed by atoms with Crippen LogP contribution >= 0.6 is 47.6 Å². The molecule has 3 aliphatic heterocycles. The molecule has 3 atom stereocenters. The van der Waals surface area contributed by atoms with Gasteiger partial charge in [-0.15, -0.1) is 35.0 Å². The topological polar surface area (TPSA) is 81.1 Å². The number of amides is 1. The maximum atomic E-state index is 12.5. The van der Waals surface area contributed by atoms with Gasteiger partial charge in [0.15, 0.2) is 0 Å². The number of fused-ring (bicyclic) bond motifs is 8. The summed E-state index contributed by atoms with van der Waals surface area (Å²) in [5.41, 5.74) is 4.24. The SMILES string of the molecule is CCl.CN1CC2SC2(CCl)c2c1cc(O)c1ccccc21.O=CCCCC(=O)N1CC(S)Cc2c1cc(O)c1ccccc21. The molecule has 0 radical (unpaired) electrons. The Balaban J connectivity index is 0.000000168. The number of anilines is 2. The average Bonchev–Trinajstić information content (AvgIpc) is 3.77. The number of thioether (sulfide) groups is 1. The summed E-state index contributed by atoms with van der Waals surface area (Å²) < 4.78 is 0.0523. The van der Waals surface area contributed by atoms with E-state index in [0.29, 0.717) is 42.7 Å². The first-order valence-corrected chi connectivity index (χ1v) is 17.2. The minimum absolute atomic E-state index is 0.0264. The predicted molar refractivity (Wildman–Crippen MR) is 189 cm³/mol.